The normalized spacial score (nSPS) is 15.9. The highest BCUT2D eigenvalue weighted by molar-refractivity contribution is 5.79. The first kappa shape index (κ1) is 22.4. The molecule has 0 aromatic carbocycles. The molecule has 1 aromatic heterocycles. The second kappa shape index (κ2) is 12.5. The van der Waals surface area contributed by atoms with E-state index in [1.807, 2.05) is 6.20 Å². The molecule has 0 spiro atoms. The molecule has 158 valence electrons. The van der Waals surface area contributed by atoms with Gasteiger partial charge in [-0.15, -0.1) is 0 Å². The van der Waals surface area contributed by atoms with Crippen LogP contribution in [0.15, 0.2) is 23.3 Å². The molecule has 8 nitrogen and oxygen atoms in total. The quantitative estimate of drug-likeness (QED) is 0.341. The lowest BCUT2D eigenvalue weighted by molar-refractivity contribution is 0.180. The molecule has 0 aliphatic carbocycles. The summed E-state index contributed by atoms with van der Waals surface area (Å²) in [6, 6.07) is 4.26. The number of hydrogen-bond acceptors (Lipinski definition) is 6. The summed E-state index contributed by atoms with van der Waals surface area (Å²) in [5.41, 5.74) is 1.15. The summed E-state index contributed by atoms with van der Waals surface area (Å²) in [6.45, 7) is 8.63. The SMILES string of the molecule is CN=C(NCCN(C)CCCOC)NCc1ccc(N2CCN(C)CC2)nc1. The van der Waals surface area contributed by atoms with Crippen LogP contribution in [-0.4, -0.2) is 101 Å². The summed E-state index contributed by atoms with van der Waals surface area (Å²) in [6.07, 6.45) is 3.01. The third-order valence-electron chi connectivity index (χ3n) is 4.99. The van der Waals surface area contributed by atoms with Crippen molar-refractivity contribution in [2.24, 2.45) is 4.99 Å². The number of pyridine rings is 1. The van der Waals surface area contributed by atoms with Gasteiger partial charge in [-0.2, -0.15) is 0 Å². The van der Waals surface area contributed by atoms with Crippen LogP contribution >= 0.6 is 0 Å². The number of aromatic nitrogens is 1. The molecule has 1 aromatic rings. The smallest absolute Gasteiger partial charge is 0.191 e. The highest BCUT2D eigenvalue weighted by Crippen LogP contribution is 2.13. The number of likely N-dealkylation sites (N-methyl/N-ethyl adjacent to an activating group) is 2. The molecule has 0 atom stereocenters. The van der Waals surface area contributed by atoms with Crippen LogP contribution in [-0.2, 0) is 11.3 Å². The molecule has 0 bridgehead atoms. The van der Waals surface area contributed by atoms with Crippen LogP contribution in [0.4, 0.5) is 5.82 Å². The fourth-order valence-corrected chi connectivity index (χ4v) is 3.11. The Bertz CT molecular complexity index is 570. The van der Waals surface area contributed by atoms with Crippen LogP contribution in [0.5, 0.6) is 0 Å². The maximum atomic E-state index is 5.09. The van der Waals surface area contributed by atoms with Gasteiger partial charge in [0.05, 0.1) is 0 Å². The van der Waals surface area contributed by atoms with Crippen LogP contribution in [0.1, 0.15) is 12.0 Å². The van der Waals surface area contributed by atoms with Gasteiger partial charge in [-0.3, -0.25) is 4.99 Å². The van der Waals surface area contributed by atoms with Crippen molar-refractivity contribution < 1.29 is 4.74 Å². The Hall–Kier alpha value is -1.90. The monoisotopic (exact) mass is 391 g/mol. The molecular formula is C20H37N7O. The fourth-order valence-electron chi connectivity index (χ4n) is 3.11. The molecule has 1 saturated heterocycles. The zero-order chi connectivity index (χ0) is 20.2. The lowest BCUT2D eigenvalue weighted by Crippen LogP contribution is -2.44. The second-order valence-corrected chi connectivity index (χ2v) is 7.32. The van der Waals surface area contributed by atoms with Crippen molar-refractivity contribution in [1.29, 1.82) is 0 Å². The zero-order valence-electron chi connectivity index (χ0n) is 17.9. The van der Waals surface area contributed by atoms with Crippen molar-refractivity contribution in [2.75, 3.05) is 85.6 Å². The molecule has 2 N–H and O–H groups in total. The van der Waals surface area contributed by atoms with E-state index in [0.717, 1.165) is 76.2 Å². The average molecular weight is 392 g/mol. The minimum absolute atomic E-state index is 0.708. The van der Waals surface area contributed by atoms with Gasteiger partial charge < -0.3 is 30.1 Å². The van der Waals surface area contributed by atoms with Gasteiger partial charge in [-0.1, -0.05) is 6.07 Å². The standard InChI is InChI=1S/C20H37N7O/c1-21-20(22-8-10-25(2)9-5-15-28-4)24-17-18-6-7-19(23-16-18)27-13-11-26(3)12-14-27/h6-7,16H,5,8-15,17H2,1-4H3,(H2,21,22,24). The number of piperazine rings is 1. The summed E-state index contributed by atoms with van der Waals surface area (Å²) < 4.78 is 5.09. The maximum absolute atomic E-state index is 5.09. The van der Waals surface area contributed by atoms with E-state index in [2.05, 4.69) is 61.5 Å². The third kappa shape index (κ3) is 8.00. The molecule has 28 heavy (non-hydrogen) atoms. The van der Waals surface area contributed by atoms with E-state index in [1.165, 1.54) is 0 Å². The largest absolute Gasteiger partial charge is 0.385 e. The summed E-state index contributed by atoms with van der Waals surface area (Å²) in [5.74, 6) is 1.88. The van der Waals surface area contributed by atoms with Gasteiger partial charge in [0.2, 0.25) is 0 Å². The summed E-state index contributed by atoms with van der Waals surface area (Å²) in [4.78, 5) is 15.9. The fraction of sp³-hybridized carbons (Fsp3) is 0.700. The van der Waals surface area contributed by atoms with Crippen LogP contribution in [0.2, 0.25) is 0 Å². The summed E-state index contributed by atoms with van der Waals surface area (Å²) >= 11 is 0. The van der Waals surface area contributed by atoms with Crippen LogP contribution in [0, 0.1) is 0 Å². The first-order valence-electron chi connectivity index (χ1n) is 10.1. The molecular weight excluding hydrogens is 354 g/mol. The Morgan fingerprint density at radius 3 is 2.64 bits per heavy atom. The molecule has 0 amide bonds. The summed E-state index contributed by atoms with van der Waals surface area (Å²) in [7, 11) is 7.83. The number of guanidine groups is 1. The Morgan fingerprint density at radius 1 is 1.21 bits per heavy atom. The van der Waals surface area contributed by atoms with Crippen LogP contribution < -0.4 is 15.5 Å². The zero-order valence-corrected chi connectivity index (χ0v) is 17.9. The lowest BCUT2D eigenvalue weighted by atomic mass is 10.2. The number of rotatable bonds is 10. The van der Waals surface area contributed by atoms with Crippen molar-refractivity contribution in [3.63, 3.8) is 0 Å². The predicted molar refractivity (Wildman–Crippen MR) is 116 cm³/mol. The van der Waals surface area contributed by atoms with Crippen LogP contribution in [0.25, 0.3) is 0 Å². The van der Waals surface area contributed by atoms with E-state index >= 15 is 0 Å². The van der Waals surface area contributed by atoms with E-state index in [4.69, 9.17) is 4.74 Å². The van der Waals surface area contributed by atoms with Crippen molar-refractivity contribution in [3.05, 3.63) is 23.9 Å². The molecule has 0 unspecified atom stereocenters. The van der Waals surface area contributed by atoms with Gasteiger partial charge in [-0.25, -0.2) is 4.98 Å². The van der Waals surface area contributed by atoms with Crippen molar-refractivity contribution in [2.45, 2.75) is 13.0 Å². The highest BCUT2D eigenvalue weighted by Gasteiger charge is 2.14. The number of anilines is 1. The number of aliphatic imine (C=N–C) groups is 1. The van der Waals surface area contributed by atoms with Gasteiger partial charge in [0, 0.05) is 79.3 Å². The third-order valence-corrected chi connectivity index (χ3v) is 4.99. The molecule has 0 radical (unpaired) electrons. The van der Waals surface area contributed by atoms with Gasteiger partial charge in [0.1, 0.15) is 5.82 Å². The second-order valence-electron chi connectivity index (χ2n) is 7.32. The van der Waals surface area contributed by atoms with Crippen molar-refractivity contribution in [3.8, 4) is 0 Å². The minimum atomic E-state index is 0.708. The first-order valence-corrected chi connectivity index (χ1v) is 10.1. The van der Waals surface area contributed by atoms with Crippen LogP contribution in [0.3, 0.4) is 0 Å². The first-order chi connectivity index (χ1) is 13.6. The van der Waals surface area contributed by atoms with Gasteiger partial charge in [-0.05, 0) is 32.1 Å². The van der Waals surface area contributed by atoms with E-state index in [-0.39, 0.29) is 0 Å². The molecule has 1 aliphatic rings. The summed E-state index contributed by atoms with van der Waals surface area (Å²) in [5, 5.41) is 6.72. The van der Waals surface area contributed by atoms with E-state index in [0.29, 0.717) is 6.54 Å². The Kier molecular flexibility index (Phi) is 10.0. The van der Waals surface area contributed by atoms with Crippen molar-refractivity contribution >= 4 is 11.8 Å². The van der Waals surface area contributed by atoms with E-state index < -0.39 is 0 Å². The number of hydrogen-bond donors (Lipinski definition) is 2. The van der Waals surface area contributed by atoms with E-state index in [1.54, 1.807) is 14.2 Å². The van der Waals surface area contributed by atoms with Gasteiger partial charge in [0.15, 0.2) is 5.96 Å². The molecule has 2 rings (SSSR count). The Balaban J connectivity index is 1.68. The van der Waals surface area contributed by atoms with Gasteiger partial charge in [0.25, 0.3) is 0 Å². The Labute approximate surface area is 170 Å². The topological polar surface area (TPSA) is 68.3 Å². The predicted octanol–water partition coefficient (Wildman–Crippen LogP) is 0.467. The molecule has 1 aliphatic heterocycles. The average Bonchev–Trinajstić information content (AvgIpc) is 2.72. The lowest BCUT2D eigenvalue weighted by Gasteiger charge is -2.33. The van der Waals surface area contributed by atoms with Crippen molar-refractivity contribution in [1.82, 2.24) is 25.4 Å². The van der Waals surface area contributed by atoms with Gasteiger partial charge >= 0.3 is 0 Å². The Morgan fingerprint density at radius 2 is 2.00 bits per heavy atom. The number of methoxy groups -OCH3 is 1. The molecule has 8 heteroatoms. The number of ether oxygens (including phenoxy) is 1. The maximum Gasteiger partial charge on any atom is 0.191 e. The van der Waals surface area contributed by atoms with E-state index in [9.17, 15) is 0 Å². The molecule has 2 heterocycles. The molecule has 0 saturated carbocycles. The molecule has 1 fully saturated rings. The number of nitrogens with zero attached hydrogens (tertiary/aromatic N) is 5. The minimum Gasteiger partial charge on any atom is -0.385 e. The highest BCUT2D eigenvalue weighted by atomic mass is 16.5. The number of nitrogens with one attached hydrogen (secondary N) is 2.